The molecular formula is C42H79O10P. The fourth-order valence-electron chi connectivity index (χ4n) is 5.75. The fourth-order valence-corrected chi connectivity index (χ4v) is 6.54. The third-order valence-corrected chi connectivity index (χ3v) is 10.0. The monoisotopic (exact) mass is 775 g/mol. The van der Waals surface area contributed by atoms with Crippen LogP contribution in [-0.2, 0) is 32.7 Å². The van der Waals surface area contributed by atoms with Gasteiger partial charge in [-0.3, -0.25) is 18.6 Å². The van der Waals surface area contributed by atoms with Gasteiger partial charge in [-0.2, -0.15) is 0 Å². The number of phosphoric ester groups is 1. The summed E-state index contributed by atoms with van der Waals surface area (Å²) in [7, 11) is -4.61. The molecule has 0 heterocycles. The molecule has 0 aromatic heterocycles. The van der Waals surface area contributed by atoms with Crippen molar-refractivity contribution in [3.05, 3.63) is 24.3 Å². The van der Waals surface area contributed by atoms with Crippen LogP contribution in [0.15, 0.2) is 24.3 Å². The van der Waals surface area contributed by atoms with Crippen LogP contribution in [0.2, 0.25) is 0 Å². The maximum atomic E-state index is 12.6. The van der Waals surface area contributed by atoms with E-state index in [0.717, 1.165) is 57.8 Å². The van der Waals surface area contributed by atoms with E-state index in [0.29, 0.717) is 12.8 Å². The highest BCUT2D eigenvalue weighted by Crippen LogP contribution is 2.43. The van der Waals surface area contributed by atoms with Gasteiger partial charge in [-0.25, -0.2) is 4.57 Å². The van der Waals surface area contributed by atoms with Crippen molar-refractivity contribution in [2.75, 3.05) is 26.4 Å². The standard InChI is InChI=1S/C42H79O10P/c1-3-5-7-9-11-13-15-17-19-21-23-25-27-29-31-33-41(45)49-37-40(38-51-53(47,48)50-36-39(44)35-43)52-42(46)34-32-30-28-26-24-22-20-18-16-14-12-10-8-6-4-2/h14,16-17,19,39-40,43-44H,3-13,15,18,20-38H2,1-2H3,(H,47,48). The van der Waals surface area contributed by atoms with Crippen molar-refractivity contribution in [1.29, 1.82) is 0 Å². The molecule has 0 saturated carbocycles. The highest BCUT2D eigenvalue weighted by atomic mass is 31.2. The Morgan fingerprint density at radius 2 is 0.925 bits per heavy atom. The van der Waals surface area contributed by atoms with Crippen LogP contribution in [0, 0.1) is 0 Å². The topological polar surface area (TPSA) is 149 Å². The van der Waals surface area contributed by atoms with Gasteiger partial charge < -0.3 is 24.6 Å². The molecule has 0 spiro atoms. The predicted molar refractivity (Wildman–Crippen MR) is 215 cm³/mol. The van der Waals surface area contributed by atoms with Gasteiger partial charge in [-0.1, -0.05) is 141 Å². The quantitative estimate of drug-likeness (QED) is 0.0238. The lowest BCUT2D eigenvalue weighted by molar-refractivity contribution is -0.161. The molecule has 11 heteroatoms. The van der Waals surface area contributed by atoms with E-state index >= 15 is 0 Å². The molecule has 312 valence electrons. The van der Waals surface area contributed by atoms with E-state index in [1.54, 1.807) is 0 Å². The Labute approximate surface area is 323 Å². The Balaban J connectivity index is 4.32. The second-order valence-electron chi connectivity index (χ2n) is 14.4. The zero-order valence-corrected chi connectivity index (χ0v) is 34.6. The summed E-state index contributed by atoms with van der Waals surface area (Å²) >= 11 is 0. The molecular weight excluding hydrogens is 695 g/mol. The highest BCUT2D eigenvalue weighted by Gasteiger charge is 2.27. The molecule has 0 amide bonds. The minimum Gasteiger partial charge on any atom is -0.462 e. The van der Waals surface area contributed by atoms with Crippen molar-refractivity contribution in [1.82, 2.24) is 0 Å². The number of carbonyl (C=O) groups is 2. The first-order valence-electron chi connectivity index (χ1n) is 21.3. The van der Waals surface area contributed by atoms with Crippen LogP contribution in [0.3, 0.4) is 0 Å². The summed E-state index contributed by atoms with van der Waals surface area (Å²) in [6.07, 6.45) is 37.1. The molecule has 53 heavy (non-hydrogen) atoms. The molecule has 3 N–H and O–H groups in total. The number of aliphatic hydroxyl groups is 2. The molecule has 3 unspecified atom stereocenters. The molecule has 0 rings (SSSR count). The number of esters is 2. The summed E-state index contributed by atoms with van der Waals surface area (Å²) in [5.74, 6) is -0.936. The largest absolute Gasteiger partial charge is 0.472 e. The first-order chi connectivity index (χ1) is 25.7. The molecule has 10 nitrogen and oxygen atoms in total. The molecule has 0 bridgehead atoms. The van der Waals surface area contributed by atoms with Gasteiger partial charge in [0.1, 0.15) is 12.7 Å². The normalized spacial score (nSPS) is 14.1. The second kappa shape index (κ2) is 38.7. The van der Waals surface area contributed by atoms with Crippen molar-refractivity contribution >= 4 is 19.8 Å². The first-order valence-corrected chi connectivity index (χ1v) is 22.8. The van der Waals surface area contributed by atoms with Gasteiger partial charge in [0, 0.05) is 12.8 Å². The average Bonchev–Trinajstić information content (AvgIpc) is 3.14. The molecule has 0 aromatic rings. The number of ether oxygens (including phenoxy) is 2. The van der Waals surface area contributed by atoms with Gasteiger partial charge in [0.25, 0.3) is 0 Å². The lowest BCUT2D eigenvalue weighted by Gasteiger charge is -2.20. The van der Waals surface area contributed by atoms with Crippen molar-refractivity contribution < 1.29 is 47.8 Å². The molecule has 0 aliphatic carbocycles. The van der Waals surface area contributed by atoms with Crippen molar-refractivity contribution in [2.45, 2.75) is 206 Å². The van der Waals surface area contributed by atoms with Crippen LogP contribution < -0.4 is 0 Å². The summed E-state index contributed by atoms with van der Waals surface area (Å²) in [5, 5.41) is 18.3. The zero-order chi connectivity index (χ0) is 39.1. The summed E-state index contributed by atoms with van der Waals surface area (Å²) in [4.78, 5) is 34.9. The Morgan fingerprint density at radius 3 is 1.38 bits per heavy atom. The van der Waals surface area contributed by atoms with Crippen LogP contribution >= 0.6 is 7.82 Å². The Kier molecular flexibility index (Phi) is 37.6. The minimum atomic E-state index is -4.61. The Morgan fingerprint density at radius 1 is 0.547 bits per heavy atom. The first kappa shape index (κ1) is 51.5. The van der Waals surface area contributed by atoms with E-state index in [-0.39, 0.29) is 19.4 Å². The number of hydrogen-bond acceptors (Lipinski definition) is 9. The van der Waals surface area contributed by atoms with E-state index in [2.05, 4.69) is 42.7 Å². The van der Waals surface area contributed by atoms with Gasteiger partial charge >= 0.3 is 19.8 Å². The average molecular weight is 775 g/mol. The van der Waals surface area contributed by atoms with E-state index < -0.39 is 51.8 Å². The highest BCUT2D eigenvalue weighted by molar-refractivity contribution is 7.47. The Hall–Kier alpha value is -1.55. The number of hydrogen-bond donors (Lipinski definition) is 3. The van der Waals surface area contributed by atoms with E-state index in [4.69, 9.17) is 19.1 Å². The van der Waals surface area contributed by atoms with Gasteiger partial charge in [0.15, 0.2) is 6.10 Å². The molecule has 0 aromatic carbocycles. The van der Waals surface area contributed by atoms with Gasteiger partial charge in [-0.15, -0.1) is 0 Å². The lowest BCUT2D eigenvalue weighted by atomic mass is 10.1. The van der Waals surface area contributed by atoms with E-state index in [1.807, 2.05) is 0 Å². The van der Waals surface area contributed by atoms with Crippen LogP contribution in [0.4, 0.5) is 0 Å². The maximum absolute atomic E-state index is 12.6. The van der Waals surface area contributed by atoms with Crippen molar-refractivity contribution in [3.8, 4) is 0 Å². The number of aliphatic hydroxyl groups excluding tert-OH is 2. The number of unbranched alkanes of at least 4 members (excludes halogenated alkanes) is 22. The molecule has 0 radical (unpaired) electrons. The number of phosphoric acid groups is 1. The Bertz CT molecular complexity index is 941. The maximum Gasteiger partial charge on any atom is 0.472 e. The van der Waals surface area contributed by atoms with E-state index in [1.165, 1.54) is 96.3 Å². The molecule has 0 aliphatic rings. The number of carbonyl (C=O) groups excluding carboxylic acids is 2. The third kappa shape index (κ3) is 38.5. The number of rotatable bonds is 40. The lowest BCUT2D eigenvalue weighted by Crippen LogP contribution is -2.29. The molecule has 0 fully saturated rings. The predicted octanol–water partition coefficient (Wildman–Crippen LogP) is 11.0. The van der Waals surface area contributed by atoms with Gasteiger partial charge in [-0.05, 0) is 64.2 Å². The van der Waals surface area contributed by atoms with Gasteiger partial charge in [0.05, 0.1) is 19.8 Å². The van der Waals surface area contributed by atoms with Crippen LogP contribution in [0.5, 0.6) is 0 Å². The minimum absolute atomic E-state index is 0.179. The van der Waals surface area contributed by atoms with Crippen LogP contribution in [-0.4, -0.2) is 65.7 Å². The summed E-state index contributed by atoms with van der Waals surface area (Å²) in [6.45, 7) is 2.35. The summed E-state index contributed by atoms with van der Waals surface area (Å²) in [5.41, 5.74) is 0. The zero-order valence-electron chi connectivity index (χ0n) is 33.7. The second-order valence-corrected chi connectivity index (χ2v) is 15.8. The summed E-state index contributed by atoms with van der Waals surface area (Å²) in [6, 6.07) is 0. The number of allylic oxidation sites excluding steroid dienone is 4. The van der Waals surface area contributed by atoms with Gasteiger partial charge in [0.2, 0.25) is 0 Å². The van der Waals surface area contributed by atoms with Crippen LogP contribution in [0.1, 0.15) is 194 Å². The molecule has 0 saturated heterocycles. The summed E-state index contributed by atoms with van der Waals surface area (Å²) < 4.78 is 32.7. The van der Waals surface area contributed by atoms with E-state index in [9.17, 15) is 24.2 Å². The van der Waals surface area contributed by atoms with Crippen molar-refractivity contribution in [2.24, 2.45) is 0 Å². The molecule has 0 aliphatic heterocycles. The fraction of sp³-hybridized carbons (Fsp3) is 0.857. The van der Waals surface area contributed by atoms with Crippen LogP contribution in [0.25, 0.3) is 0 Å². The van der Waals surface area contributed by atoms with Crippen molar-refractivity contribution in [3.63, 3.8) is 0 Å². The third-order valence-electron chi connectivity index (χ3n) is 9.08. The molecule has 3 atom stereocenters. The smallest absolute Gasteiger partial charge is 0.462 e. The SMILES string of the molecule is CCCCCCC=CCCCCCCCCCC(=O)OC(COC(=O)CCCCCCCC=CCCCCCCCC)COP(=O)(O)OCC(O)CO.